The Balaban J connectivity index is -0.000001000. The Morgan fingerprint density at radius 2 is 1.62 bits per heavy atom. The molecular weight excluding hydrogens is 331 g/mol. The van der Waals surface area contributed by atoms with Gasteiger partial charge in [0.25, 0.3) is 0 Å². The van der Waals surface area contributed by atoms with E-state index in [1.807, 2.05) is 6.07 Å². The summed E-state index contributed by atoms with van der Waals surface area (Å²) in [6.45, 7) is 0. The van der Waals surface area contributed by atoms with Crippen molar-refractivity contribution in [3.8, 4) is 0 Å². The zero-order valence-corrected chi connectivity index (χ0v) is 17.4. The van der Waals surface area contributed by atoms with Crippen LogP contribution in [-0.2, 0) is 11.2 Å². The van der Waals surface area contributed by atoms with Gasteiger partial charge in [0.2, 0.25) is 0 Å². The first-order valence-electron chi connectivity index (χ1n) is 5.58. The van der Waals surface area contributed by atoms with Crippen LogP contribution in [0.15, 0.2) is 42.5 Å². The third kappa shape index (κ3) is 6.12. The number of carboxylic acids is 1. The Morgan fingerprint density at radius 1 is 1.05 bits per heavy atom. The minimum Gasteiger partial charge on any atom is -1.00 e. The largest absolute Gasteiger partial charge is 1.00 e. The van der Waals surface area contributed by atoms with Gasteiger partial charge in [-0.3, -0.25) is 4.79 Å². The molecular formula is C14H13Cl2NNa2O2. The predicted molar refractivity (Wildman–Crippen MR) is 79.8 cm³/mol. The molecule has 102 valence electrons. The van der Waals surface area contributed by atoms with Crippen LogP contribution in [0.5, 0.6) is 0 Å². The summed E-state index contributed by atoms with van der Waals surface area (Å²) >= 11 is 12.1. The van der Waals surface area contributed by atoms with Gasteiger partial charge in [-0.2, -0.15) is 0 Å². The topological polar surface area (TPSA) is 49.3 Å². The molecule has 3 nitrogen and oxygen atoms in total. The molecule has 0 amide bonds. The van der Waals surface area contributed by atoms with E-state index in [-0.39, 0.29) is 68.4 Å². The van der Waals surface area contributed by atoms with Crippen molar-refractivity contribution in [2.75, 3.05) is 5.32 Å². The molecule has 0 saturated heterocycles. The molecule has 2 rings (SSSR count). The zero-order valence-electron chi connectivity index (χ0n) is 13.9. The van der Waals surface area contributed by atoms with E-state index in [0.29, 0.717) is 27.0 Å². The molecule has 0 aromatic heterocycles. The van der Waals surface area contributed by atoms with E-state index in [9.17, 15) is 4.79 Å². The maximum absolute atomic E-state index is 10.8. The normalized spacial score (nSPS) is 9.24. The molecule has 7 heteroatoms. The molecule has 0 bridgehead atoms. The molecule has 2 aromatic carbocycles. The van der Waals surface area contributed by atoms with E-state index < -0.39 is 5.97 Å². The molecule has 2 aromatic rings. The molecule has 0 spiro atoms. The van der Waals surface area contributed by atoms with Crippen molar-refractivity contribution in [3.63, 3.8) is 0 Å². The number of benzene rings is 2. The smallest absolute Gasteiger partial charge is 1.00 e. The van der Waals surface area contributed by atoms with Crippen LogP contribution in [0.1, 0.15) is 8.42 Å². The summed E-state index contributed by atoms with van der Waals surface area (Å²) in [6.07, 6.45) is -0.0642. The number of carboxylic acid groups (broad SMARTS) is 1. The van der Waals surface area contributed by atoms with Gasteiger partial charge < -0.3 is 13.3 Å². The predicted octanol–water partition coefficient (Wildman–Crippen LogP) is -1.40. The number of hydrogen-bond acceptors (Lipinski definition) is 2. The second-order valence-corrected chi connectivity index (χ2v) is 4.76. The van der Waals surface area contributed by atoms with Gasteiger partial charge in [-0.25, -0.2) is 0 Å². The van der Waals surface area contributed by atoms with Crippen LogP contribution in [0.25, 0.3) is 0 Å². The number of aliphatic carboxylic acids is 1. The maximum Gasteiger partial charge on any atom is 1.00 e. The molecule has 0 atom stereocenters. The Kier molecular flexibility index (Phi) is 10.3. The standard InChI is InChI=1S/C14H11Cl2NO2.2Na.2H/c15-10-5-3-6-11(16)14(10)17-12-7-2-1-4-9(12)8-13(18)19;;;;/h1-7,17H,8H2,(H,18,19);;;;/q;2*+1;2*-1. The summed E-state index contributed by atoms with van der Waals surface area (Å²) < 4.78 is 0. The van der Waals surface area contributed by atoms with E-state index in [4.69, 9.17) is 28.3 Å². The average Bonchev–Trinajstić information content (AvgIpc) is 2.35. The number of anilines is 2. The van der Waals surface area contributed by atoms with E-state index in [2.05, 4.69) is 5.32 Å². The van der Waals surface area contributed by atoms with Crippen LogP contribution in [-0.4, -0.2) is 11.1 Å². The van der Waals surface area contributed by atoms with Gasteiger partial charge in [0, 0.05) is 5.69 Å². The molecule has 0 unspecified atom stereocenters. The van der Waals surface area contributed by atoms with Crippen molar-refractivity contribution in [2.24, 2.45) is 0 Å². The fraction of sp³-hybridized carbons (Fsp3) is 0.0714. The molecule has 21 heavy (non-hydrogen) atoms. The van der Waals surface area contributed by atoms with Crippen LogP contribution in [0.2, 0.25) is 10.0 Å². The Hall–Kier alpha value is 0.290. The maximum atomic E-state index is 10.8. The molecule has 0 heterocycles. The van der Waals surface area contributed by atoms with Crippen LogP contribution in [0.3, 0.4) is 0 Å². The molecule has 0 aliphatic heterocycles. The minimum atomic E-state index is -0.889. The van der Waals surface area contributed by atoms with Gasteiger partial charge in [0.1, 0.15) is 0 Å². The van der Waals surface area contributed by atoms with Gasteiger partial charge in [-0.15, -0.1) is 0 Å². The summed E-state index contributed by atoms with van der Waals surface area (Å²) in [4.78, 5) is 10.8. The molecule has 0 aliphatic rings. The van der Waals surface area contributed by atoms with Crippen molar-refractivity contribution in [2.45, 2.75) is 6.42 Å². The summed E-state index contributed by atoms with van der Waals surface area (Å²) in [6, 6.07) is 12.3. The molecule has 0 fully saturated rings. The number of nitrogens with one attached hydrogen (secondary N) is 1. The summed E-state index contributed by atoms with van der Waals surface area (Å²) in [7, 11) is 0. The van der Waals surface area contributed by atoms with Crippen LogP contribution in [0, 0.1) is 0 Å². The molecule has 0 radical (unpaired) electrons. The van der Waals surface area contributed by atoms with Crippen molar-refractivity contribution >= 4 is 40.5 Å². The van der Waals surface area contributed by atoms with E-state index >= 15 is 0 Å². The SMILES string of the molecule is O=C(O)Cc1ccccc1Nc1c(Cl)cccc1Cl.[H-].[H-].[Na+].[Na+]. The minimum absolute atomic E-state index is 0. The Labute approximate surface area is 180 Å². The monoisotopic (exact) mass is 343 g/mol. The third-order valence-electron chi connectivity index (χ3n) is 2.58. The summed E-state index contributed by atoms with van der Waals surface area (Å²) in [5.74, 6) is -0.889. The number of hydrogen-bond donors (Lipinski definition) is 2. The van der Waals surface area contributed by atoms with Gasteiger partial charge in [0.05, 0.1) is 22.2 Å². The first-order valence-corrected chi connectivity index (χ1v) is 6.34. The van der Waals surface area contributed by atoms with Gasteiger partial charge >= 0.3 is 65.1 Å². The first kappa shape index (κ1) is 21.3. The fourth-order valence-electron chi connectivity index (χ4n) is 1.71. The molecule has 0 aliphatic carbocycles. The van der Waals surface area contributed by atoms with Gasteiger partial charge in [0.15, 0.2) is 0 Å². The average molecular weight is 344 g/mol. The molecule has 2 N–H and O–H groups in total. The second kappa shape index (κ2) is 10.1. The van der Waals surface area contributed by atoms with Crippen molar-refractivity contribution in [1.82, 2.24) is 0 Å². The van der Waals surface area contributed by atoms with Crippen LogP contribution < -0.4 is 64.4 Å². The second-order valence-electron chi connectivity index (χ2n) is 3.95. The van der Waals surface area contributed by atoms with Crippen LogP contribution in [0.4, 0.5) is 11.4 Å². The quantitative estimate of drug-likeness (QED) is 0.671. The number of carbonyl (C=O) groups is 1. The molecule has 0 saturated carbocycles. The van der Waals surface area contributed by atoms with E-state index in [1.54, 1.807) is 36.4 Å². The Bertz CT molecular complexity index is 613. The fourth-order valence-corrected chi connectivity index (χ4v) is 2.20. The summed E-state index contributed by atoms with van der Waals surface area (Å²) in [5.41, 5.74) is 1.93. The number of para-hydroxylation sites is 2. The van der Waals surface area contributed by atoms with Gasteiger partial charge in [-0.05, 0) is 23.8 Å². The van der Waals surface area contributed by atoms with E-state index in [0.717, 1.165) is 0 Å². The zero-order chi connectivity index (χ0) is 13.8. The first-order chi connectivity index (χ1) is 9.08. The van der Waals surface area contributed by atoms with Crippen molar-refractivity contribution in [3.05, 3.63) is 58.1 Å². The van der Waals surface area contributed by atoms with Crippen molar-refractivity contribution < 1.29 is 71.9 Å². The Morgan fingerprint density at radius 3 is 2.19 bits per heavy atom. The number of halogens is 2. The number of rotatable bonds is 4. The van der Waals surface area contributed by atoms with Crippen molar-refractivity contribution in [1.29, 1.82) is 0 Å². The van der Waals surface area contributed by atoms with Gasteiger partial charge in [-0.1, -0.05) is 47.5 Å². The van der Waals surface area contributed by atoms with E-state index in [1.165, 1.54) is 0 Å². The van der Waals surface area contributed by atoms with Crippen LogP contribution >= 0.6 is 23.2 Å². The summed E-state index contributed by atoms with van der Waals surface area (Å²) in [5, 5.41) is 12.9. The third-order valence-corrected chi connectivity index (χ3v) is 3.21.